The molecule has 0 aliphatic carbocycles. The molecule has 1 aliphatic rings. The topological polar surface area (TPSA) is 161 Å². The van der Waals surface area contributed by atoms with E-state index in [0.29, 0.717) is 16.7 Å². The minimum Gasteiger partial charge on any atom is -0.469 e. The first-order chi connectivity index (χ1) is 21.1. The summed E-state index contributed by atoms with van der Waals surface area (Å²) in [4.78, 5) is 50.9. The smallest absolute Gasteiger partial charge is 0.469 e. The lowest BCUT2D eigenvalue weighted by Crippen LogP contribution is -2.33. The Morgan fingerprint density at radius 2 is 1.41 bits per heavy atom. The maximum absolute atomic E-state index is 14.4. The monoisotopic (exact) mass is 628 g/mol. The molecule has 0 radical (unpaired) electrons. The number of hydrogen-bond acceptors (Lipinski definition) is 11. The van der Waals surface area contributed by atoms with Gasteiger partial charge < -0.3 is 14.2 Å². The summed E-state index contributed by atoms with van der Waals surface area (Å²) in [5.74, 6) is -1.27. The maximum Gasteiger partial charge on any atom is 0.476 e. The Morgan fingerprint density at radius 1 is 0.886 bits per heavy atom. The van der Waals surface area contributed by atoms with Crippen LogP contribution < -0.4 is 11.2 Å². The highest BCUT2D eigenvalue weighted by atomic mass is 31.2. The average Bonchev–Trinajstić information content (AvgIpc) is 3.51. The fraction of sp³-hybridized carbons (Fsp3) is 0.333. The number of nitrogens with one attached hydrogen (secondary N) is 1. The number of aromatic amines is 1. The lowest BCUT2D eigenvalue weighted by Gasteiger charge is -2.28. The van der Waals surface area contributed by atoms with Crippen molar-refractivity contribution in [2.45, 2.75) is 44.3 Å². The zero-order valence-electron chi connectivity index (χ0n) is 24.3. The third-order valence-corrected chi connectivity index (χ3v) is 8.13. The number of benzene rings is 2. The standard InChI is InChI=1S/C30H33N2O11P/c1-20-18-32(30(36)31-29(20)35)26-15-14-23(41-26)19-40-44(37,42-24(16-27(33)38-2)21-10-6-4-7-11-21)43-25(17-28(34)39-3)22-12-8-5-9-13-22/h4-15,18,23-26H,16-17,19H2,1-3H3,(H,31,35,36)/t23-,24?,25?,26+,44?/m0/s1. The molecule has 2 aromatic carbocycles. The van der Waals surface area contributed by atoms with Crippen LogP contribution >= 0.6 is 7.82 Å². The molecule has 2 heterocycles. The molecule has 0 saturated heterocycles. The molecule has 0 spiro atoms. The number of H-pyrrole nitrogens is 1. The number of carbonyl (C=O) groups is 2. The van der Waals surface area contributed by atoms with Gasteiger partial charge in [-0.25, -0.2) is 9.36 Å². The molecule has 4 atom stereocenters. The van der Waals surface area contributed by atoms with Crippen molar-refractivity contribution in [3.8, 4) is 0 Å². The zero-order valence-corrected chi connectivity index (χ0v) is 25.2. The number of phosphoric ester groups is 1. The summed E-state index contributed by atoms with van der Waals surface area (Å²) in [6.45, 7) is 1.19. The van der Waals surface area contributed by atoms with E-state index < -0.39 is 55.6 Å². The number of aromatic nitrogens is 2. The Morgan fingerprint density at radius 3 is 1.91 bits per heavy atom. The number of rotatable bonds is 14. The number of nitrogens with zero attached hydrogens (tertiary/aromatic N) is 1. The molecule has 1 aliphatic heterocycles. The first kappa shape index (κ1) is 32.8. The van der Waals surface area contributed by atoms with E-state index in [1.807, 2.05) is 0 Å². The fourth-order valence-electron chi connectivity index (χ4n) is 4.32. The Kier molecular flexibility index (Phi) is 11.2. The van der Waals surface area contributed by atoms with Crippen molar-refractivity contribution in [2.75, 3.05) is 20.8 Å². The molecule has 0 amide bonds. The van der Waals surface area contributed by atoms with Crippen LogP contribution in [0, 0.1) is 6.92 Å². The summed E-state index contributed by atoms with van der Waals surface area (Å²) in [5, 5.41) is 0. The summed E-state index contributed by atoms with van der Waals surface area (Å²) in [6, 6.07) is 17.1. The highest BCUT2D eigenvalue weighted by Gasteiger charge is 2.38. The number of aryl methyl sites for hydroxylation is 1. The third kappa shape index (κ3) is 8.71. The van der Waals surface area contributed by atoms with Crippen LogP contribution in [0.25, 0.3) is 0 Å². The van der Waals surface area contributed by atoms with Crippen molar-refractivity contribution in [2.24, 2.45) is 0 Å². The predicted octanol–water partition coefficient (Wildman–Crippen LogP) is 4.07. The van der Waals surface area contributed by atoms with Crippen molar-refractivity contribution in [1.29, 1.82) is 0 Å². The van der Waals surface area contributed by atoms with Gasteiger partial charge in [0, 0.05) is 11.8 Å². The van der Waals surface area contributed by atoms with Crippen molar-refractivity contribution < 1.29 is 41.9 Å². The van der Waals surface area contributed by atoms with E-state index in [1.54, 1.807) is 79.7 Å². The molecule has 3 aromatic rings. The zero-order chi connectivity index (χ0) is 31.7. The first-order valence-electron chi connectivity index (χ1n) is 13.6. The summed E-state index contributed by atoms with van der Waals surface area (Å²) in [5.41, 5.74) is 0.126. The van der Waals surface area contributed by atoms with Gasteiger partial charge in [0.25, 0.3) is 5.56 Å². The van der Waals surface area contributed by atoms with Gasteiger partial charge in [-0.2, -0.15) is 0 Å². The fourth-order valence-corrected chi connectivity index (χ4v) is 5.83. The lowest BCUT2D eigenvalue weighted by molar-refractivity contribution is -0.143. The van der Waals surface area contributed by atoms with E-state index in [4.69, 9.17) is 27.8 Å². The Hall–Kier alpha value is -4.13. The first-order valence-corrected chi connectivity index (χ1v) is 15.1. The van der Waals surface area contributed by atoms with E-state index in [-0.39, 0.29) is 19.4 Å². The van der Waals surface area contributed by atoms with E-state index in [2.05, 4.69) is 4.98 Å². The normalized spacial score (nSPS) is 18.7. The average molecular weight is 629 g/mol. The van der Waals surface area contributed by atoms with Crippen LogP contribution in [-0.2, 0) is 41.9 Å². The molecule has 14 heteroatoms. The van der Waals surface area contributed by atoms with Crippen LogP contribution in [0.1, 0.15) is 48.0 Å². The number of ether oxygens (including phenoxy) is 3. The van der Waals surface area contributed by atoms with Crippen molar-refractivity contribution in [1.82, 2.24) is 9.55 Å². The molecular formula is C30H33N2O11P. The van der Waals surface area contributed by atoms with E-state index in [0.717, 1.165) is 0 Å². The second-order valence-corrected chi connectivity index (χ2v) is 11.3. The Balaban J connectivity index is 1.61. The van der Waals surface area contributed by atoms with E-state index >= 15 is 0 Å². The minimum absolute atomic E-state index is 0.308. The minimum atomic E-state index is -4.61. The predicted molar refractivity (Wildman–Crippen MR) is 156 cm³/mol. The number of phosphoric acid groups is 1. The second kappa shape index (κ2) is 15.0. The van der Waals surface area contributed by atoms with E-state index in [9.17, 15) is 23.7 Å². The van der Waals surface area contributed by atoms with Crippen LogP contribution in [-0.4, -0.2) is 48.4 Å². The molecule has 2 unspecified atom stereocenters. The number of hydrogen-bond donors (Lipinski definition) is 1. The van der Waals surface area contributed by atoms with Gasteiger partial charge >= 0.3 is 25.5 Å². The van der Waals surface area contributed by atoms with Gasteiger partial charge in [0.05, 0.1) is 33.7 Å². The molecule has 0 bridgehead atoms. The molecule has 13 nitrogen and oxygen atoms in total. The van der Waals surface area contributed by atoms with Crippen LogP contribution in [0.15, 0.2) is 88.6 Å². The summed E-state index contributed by atoms with van der Waals surface area (Å²) >= 11 is 0. The molecular weight excluding hydrogens is 595 g/mol. The highest BCUT2D eigenvalue weighted by Crippen LogP contribution is 2.57. The van der Waals surface area contributed by atoms with Crippen LogP contribution in [0.5, 0.6) is 0 Å². The molecule has 4 rings (SSSR count). The lowest BCUT2D eigenvalue weighted by atomic mass is 10.1. The summed E-state index contributed by atoms with van der Waals surface area (Å²) in [6.07, 6.45) is -0.0141. The van der Waals surface area contributed by atoms with Gasteiger partial charge in [-0.3, -0.25) is 37.5 Å². The SMILES string of the molecule is COC(=O)CC(OP(=O)(OC[C@@H]1C=C[C@H](n2cc(C)c(=O)[nH]c2=O)O1)OC(CC(=O)OC)c1ccccc1)c1ccccc1. The molecule has 0 saturated carbocycles. The van der Waals surface area contributed by atoms with Crippen molar-refractivity contribution in [3.63, 3.8) is 0 Å². The second-order valence-electron chi connectivity index (χ2n) is 9.74. The molecule has 0 fully saturated rings. The van der Waals surface area contributed by atoms with Crippen molar-refractivity contribution >= 4 is 19.8 Å². The van der Waals surface area contributed by atoms with Crippen molar-refractivity contribution in [3.05, 3.63) is 117 Å². The third-order valence-electron chi connectivity index (χ3n) is 6.64. The van der Waals surface area contributed by atoms with Gasteiger partial charge in [-0.15, -0.1) is 0 Å². The summed E-state index contributed by atoms with van der Waals surface area (Å²) in [7, 11) is -2.18. The van der Waals surface area contributed by atoms with Gasteiger partial charge in [0.1, 0.15) is 18.3 Å². The number of carbonyl (C=O) groups excluding carboxylic acids is 2. The Bertz CT molecular complexity index is 1550. The van der Waals surface area contributed by atoms with Crippen LogP contribution in [0.3, 0.4) is 0 Å². The van der Waals surface area contributed by atoms with E-state index in [1.165, 1.54) is 25.0 Å². The van der Waals surface area contributed by atoms with Gasteiger partial charge in [-0.1, -0.05) is 66.7 Å². The van der Waals surface area contributed by atoms with Gasteiger partial charge in [0.2, 0.25) is 0 Å². The molecule has 234 valence electrons. The number of esters is 2. The Labute approximate surface area is 252 Å². The van der Waals surface area contributed by atoms with Crippen LogP contribution in [0.2, 0.25) is 0 Å². The van der Waals surface area contributed by atoms with Gasteiger partial charge in [-0.05, 0) is 24.1 Å². The maximum atomic E-state index is 14.4. The summed E-state index contributed by atoms with van der Waals surface area (Å²) < 4.78 is 48.9. The quantitative estimate of drug-likeness (QED) is 0.156. The highest BCUT2D eigenvalue weighted by molar-refractivity contribution is 7.48. The van der Waals surface area contributed by atoms with Crippen LogP contribution in [0.4, 0.5) is 0 Å². The molecule has 44 heavy (non-hydrogen) atoms. The molecule has 1 aromatic heterocycles. The van der Waals surface area contributed by atoms with Gasteiger partial charge in [0.15, 0.2) is 6.23 Å². The largest absolute Gasteiger partial charge is 0.476 e. The number of methoxy groups -OCH3 is 2. The molecule has 1 N–H and O–H groups in total.